The van der Waals surface area contributed by atoms with Crippen LogP contribution in [0.2, 0.25) is 0 Å². The normalized spacial score (nSPS) is 22.6. The van der Waals surface area contributed by atoms with Crippen molar-refractivity contribution in [3.8, 4) is 5.75 Å². The van der Waals surface area contributed by atoms with Crippen molar-refractivity contribution in [3.63, 3.8) is 0 Å². The van der Waals surface area contributed by atoms with E-state index < -0.39 is 7.67 Å². The molecule has 0 spiro atoms. The van der Waals surface area contributed by atoms with E-state index >= 15 is 0 Å². The van der Waals surface area contributed by atoms with E-state index in [1.165, 1.54) is 0 Å². The molecule has 0 saturated carbocycles. The lowest BCUT2D eigenvalue weighted by Crippen LogP contribution is -2.35. The summed E-state index contributed by atoms with van der Waals surface area (Å²) in [5, 5.41) is 2.96. The molecule has 0 bridgehead atoms. The molecule has 1 aliphatic rings. The summed E-state index contributed by atoms with van der Waals surface area (Å²) in [5.74, 6) is 1.43. The van der Waals surface area contributed by atoms with Crippen molar-refractivity contribution in [2.75, 3.05) is 24.8 Å². The van der Waals surface area contributed by atoms with Gasteiger partial charge in [-0.15, -0.1) is 23.2 Å². The molecule has 0 saturated heterocycles. The first kappa shape index (κ1) is 14.2. The third-order valence-corrected chi connectivity index (χ3v) is 5.21. The van der Waals surface area contributed by atoms with E-state index in [-0.39, 0.29) is 0 Å². The van der Waals surface area contributed by atoms with Crippen LogP contribution in [0.1, 0.15) is 5.56 Å². The first-order valence-electron chi connectivity index (χ1n) is 5.69. The molecule has 1 N–H and O–H groups in total. The summed E-state index contributed by atoms with van der Waals surface area (Å²) < 4.78 is 20.1. The van der Waals surface area contributed by atoms with E-state index in [2.05, 4.69) is 5.09 Å². The Balaban J connectivity index is 2.20. The predicted molar refractivity (Wildman–Crippen MR) is 74.5 cm³/mol. The zero-order valence-corrected chi connectivity index (χ0v) is 12.2. The minimum Gasteiger partial charge on any atom is -0.422 e. The van der Waals surface area contributed by atoms with Crippen molar-refractivity contribution in [1.82, 2.24) is 9.76 Å². The molecular weight excluding hydrogens is 294 g/mol. The lowest BCUT2D eigenvalue weighted by atomic mass is 10.2. The maximum atomic E-state index is 12.8. The Morgan fingerprint density at radius 1 is 1.28 bits per heavy atom. The SMILES string of the molecule is O=[P@]1(N(CCCl)CCCl)NCc2ccccc2O1. The number of alkyl halides is 2. The summed E-state index contributed by atoms with van der Waals surface area (Å²) in [6, 6.07) is 7.55. The second kappa shape index (κ2) is 6.27. The molecule has 1 aromatic carbocycles. The van der Waals surface area contributed by atoms with E-state index in [1.54, 1.807) is 4.67 Å². The maximum Gasteiger partial charge on any atom is 0.393 e. The van der Waals surface area contributed by atoms with Crippen LogP contribution in [0, 0.1) is 0 Å². The van der Waals surface area contributed by atoms with Gasteiger partial charge in [-0.3, -0.25) is 0 Å². The van der Waals surface area contributed by atoms with Gasteiger partial charge >= 0.3 is 7.67 Å². The Kier molecular flexibility index (Phi) is 4.93. The zero-order valence-electron chi connectivity index (χ0n) is 9.81. The minimum atomic E-state index is -3.07. The van der Waals surface area contributed by atoms with Gasteiger partial charge in [0.2, 0.25) is 0 Å². The van der Waals surface area contributed by atoms with Crippen molar-refractivity contribution in [2.24, 2.45) is 0 Å². The molecule has 7 heteroatoms. The number of halogens is 2. The van der Waals surface area contributed by atoms with Crippen LogP contribution in [-0.4, -0.2) is 29.5 Å². The fraction of sp³-hybridized carbons (Fsp3) is 0.455. The number of para-hydroxylation sites is 1. The van der Waals surface area contributed by atoms with Crippen LogP contribution in [0.5, 0.6) is 5.75 Å². The third kappa shape index (κ3) is 3.01. The van der Waals surface area contributed by atoms with Gasteiger partial charge in [0.1, 0.15) is 5.75 Å². The zero-order chi connectivity index (χ0) is 13.0. The first-order valence-corrected chi connectivity index (χ1v) is 8.34. The average Bonchev–Trinajstić information content (AvgIpc) is 2.38. The van der Waals surface area contributed by atoms with Crippen LogP contribution in [-0.2, 0) is 11.1 Å². The molecule has 1 aromatic rings. The van der Waals surface area contributed by atoms with Crippen molar-refractivity contribution < 1.29 is 9.09 Å². The van der Waals surface area contributed by atoms with Crippen LogP contribution < -0.4 is 9.61 Å². The first-order chi connectivity index (χ1) is 8.69. The number of benzene rings is 1. The molecular formula is C11H15Cl2N2O2P. The van der Waals surface area contributed by atoms with E-state index in [0.29, 0.717) is 37.1 Å². The Labute approximate surface area is 117 Å². The van der Waals surface area contributed by atoms with Crippen molar-refractivity contribution >= 4 is 30.9 Å². The summed E-state index contributed by atoms with van der Waals surface area (Å²) >= 11 is 11.4. The van der Waals surface area contributed by atoms with Crippen LogP contribution in [0.25, 0.3) is 0 Å². The van der Waals surface area contributed by atoms with Gasteiger partial charge in [-0.05, 0) is 6.07 Å². The highest BCUT2D eigenvalue weighted by molar-refractivity contribution is 7.54. The number of nitrogens with zero attached hydrogens (tertiary/aromatic N) is 1. The summed E-state index contributed by atoms with van der Waals surface area (Å²) in [5.41, 5.74) is 1.00. The van der Waals surface area contributed by atoms with Gasteiger partial charge in [-0.25, -0.2) is 14.3 Å². The largest absolute Gasteiger partial charge is 0.422 e. The molecule has 1 aliphatic heterocycles. The van der Waals surface area contributed by atoms with Gasteiger partial charge in [0.25, 0.3) is 0 Å². The fourth-order valence-corrected chi connectivity index (χ4v) is 4.38. The molecule has 0 aliphatic carbocycles. The van der Waals surface area contributed by atoms with Gasteiger partial charge in [0, 0.05) is 37.0 Å². The highest BCUT2D eigenvalue weighted by atomic mass is 35.5. The van der Waals surface area contributed by atoms with E-state index in [9.17, 15) is 4.57 Å². The smallest absolute Gasteiger partial charge is 0.393 e. The topological polar surface area (TPSA) is 41.6 Å². The molecule has 100 valence electrons. The third-order valence-electron chi connectivity index (χ3n) is 2.72. The van der Waals surface area contributed by atoms with Crippen LogP contribution >= 0.6 is 30.9 Å². The highest BCUT2D eigenvalue weighted by Gasteiger charge is 2.36. The number of rotatable bonds is 5. The maximum absolute atomic E-state index is 12.8. The molecule has 0 amide bonds. The number of nitrogens with one attached hydrogen (secondary N) is 1. The fourth-order valence-electron chi connectivity index (χ4n) is 1.82. The lowest BCUT2D eigenvalue weighted by molar-refractivity contribution is 0.349. The molecule has 2 rings (SSSR count). The Hall–Kier alpha value is -0.250. The van der Waals surface area contributed by atoms with Gasteiger partial charge in [-0.1, -0.05) is 18.2 Å². The molecule has 1 heterocycles. The molecule has 1 atom stereocenters. The van der Waals surface area contributed by atoms with Gasteiger partial charge in [0.05, 0.1) is 0 Å². The van der Waals surface area contributed by atoms with Gasteiger partial charge in [0.15, 0.2) is 0 Å². The van der Waals surface area contributed by atoms with E-state index in [1.807, 2.05) is 24.3 Å². The Morgan fingerprint density at radius 2 is 1.94 bits per heavy atom. The summed E-state index contributed by atoms with van der Waals surface area (Å²) in [7, 11) is -3.07. The Bertz CT molecular complexity index is 452. The number of fused-ring (bicyclic) bond motifs is 1. The molecule has 0 fully saturated rings. The molecule has 0 unspecified atom stereocenters. The van der Waals surface area contributed by atoms with E-state index in [4.69, 9.17) is 27.7 Å². The Morgan fingerprint density at radius 3 is 2.61 bits per heavy atom. The number of hydrogen-bond acceptors (Lipinski definition) is 2. The van der Waals surface area contributed by atoms with Crippen LogP contribution in [0.4, 0.5) is 0 Å². The molecule has 18 heavy (non-hydrogen) atoms. The highest BCUT2D eigenvalue weighted by Crippen LogP contribution is 2.50. The average molecular weight is 309 g/mol. The number of hydrogen-bond donors (Lipinski definition) is 1. The van der Waals surface area contributed by atoms with Crippen molar-refractivity contribution in [3.05, 3.63) is 29.8 Å². The summed E-state index contributed by atoms with van der Waals surface area (Å²) in [4.78, 5) is 0. The molecule has 4 nitrogen and oxygen atoms in total. The quantitative estimate of drug-likeness (QED) is 0.670. The lowest BCUT2D eigenvalue weighted by Gasteiger charge is -2.34. The van der Waals surface area contributed by atoms with Crippen molar-refractivity contribution in [2.45, 2.75) is 6.54 Å². The summed E-state index contributed by atoms with van der Waals surface area (Å²) in [6.07, 6.45) is 0. The minimum absolute atomic E-state index is 0.383. The van der Waals surface area contributed by atoms with Crippen LogP contribution in [0.15, 0.2) is 24.3 Å². The van der Waals surface area contributed by atoms with Gasteiger partial charge < -0.3 is 4.52 Å². The molecule has 0 radical (unpaired) electrons. The summed E-state index contributed by atoms with van der Waals surface area (Å²) in [6.45, 7) is 1.47. The predicted octanol–water partition coefficient (Wildman–Crippen LogP) is 3.06. The monoisotopic (exact) mass is 308 g/mol. The van der Waals surface area contributed by atoms with Crippen molar-refractivity contribution in [1.29, 1.82) is 0 Å². The van der Waals surface area contributed by atoms with E-state index in [0.717, 1.165) is 5.56 Å². The van der Waals surface area contributed by atoms with Crippen LogP contribution in [0.3, 0.4) is 0 Å². The standard InChI is InChI=1S/C11H15Cl2N2O2P/c12-5-7-15(8-6-13)18(16)14-9-10-3-1-2-4-11(10)17-18/h1-4H,5-9H2,(H,14,16)/t18-/m1/s1. The molecule has 0 aromatic heterocycles. The second-order valence-electron chi connectivity index (χ2n) is 3.89. The second-order valence-corrected chi connectivity index (χ2v) is 6.75. The van der Waals surface area contributed by atoms with Gasteiger partial charge in [-0.2, -0.15) is 0 Å².